The molecular weight excluding hydrogens is 409 g/mol. The van der Waals surface area contributed by atoms with Gasteiger partial charge in [0.15, 0.2) is 5.16 Å². The number of benzene rings is 1. The van der Waals surface area contributed by atoms with Crippen LogP contribution in [0.1, 0.15) is 56.8 Å². The number of nitrogens with zero attached hydrogens (tertiary/aromatic N) is 3. The fourth-order valence-corrected chi connectivity index (χ4v) is 8.29. The Hall–Kier alpha value is -0.710. The van der Waals surface area contributed by atoms with Crippen molar-refractivity contribution >= 4 is 35.0 Å². The second-order valence-electron chi connectivity index (χ2n) is 9.23. The molecule has 3 nitrogen and oxygen atoms in total. The molecule has 0 spiro atoms. The zero-order chi connectivity index (χ0) is 19.3. The molecule has 4 aliphatic rings. The van der Waals surface area contributed by atoms with Crippen LogP contribution in [-0.2, 0) is 18.7 Å². The molecule has 6 rings (SSSR count). The van der Waals surface area contributed by atoms with E-state index < -0.39 is 0 Å². The molecule has 150 valence electrons. The van der Waals surface area contributed by atoms with Gasteiger partial charge >= 0.3 is 0 Å². The lowest BCUT2D eigenvalue weighted by Crippen LogP contribution is -2.47. The lowest BCUT2D eigenvalue weighted by atomic mass is 9.49. The highest BCUT2D eigenvalue weighted by Crippen LogP contribution is 2.61. The molecule has 0 atom stereocenters. The lowest BCUT2D eigenvalue weighted by Gasteiger charge is -2.56. The second kappa shape index (κ2) is 7.52. The minimum Gasteiger partial charge on any atom is -0.306 e. The summed E-state index contributed by atoms with van der Waals surface area (Å²) in [6.45, 7) is 3.10. The van der Waals surface area contributed by atoms with Crippen molar-refractivity contribution in [2.24, 2.45) is 23.2 Å². The van der Waals surface area contributed by atoms with E-state index in [0.29, 0.717) is 11.2 Å². The first-order chi connectivity index (χ1) is 13.5. The monoisotopic (exact) mass is 435 g/mol. The topological polar surface area (TPSA) is 30.7 Å². The first-order valence-electron chi connectivity index (χ1n) is 10.5. The summed E-state index contributed by atoms with van der Waals surface area (Å²) < 4.78 is 2.31. The molecule has 0 radical (unpaired) electrons. The molecule has 0 N–H and O–H groups in total. The SMILES string of the molecule is CCn1c(CC23CC4CC(CC(C4)C2)C3)nnc1SCc1c(Cl)cccc1Cl. The van der Waals surface area contributed by atoms with Gasteiger partial charge in [0.2, 0.25) is 0 Å². The standard InChI is InChI=1S/C22H27Cl2N3S/c1-2-27-20(12-22-9-14-6-15(10-22)8-16(7-14)11-22)25-26-21(27)28-13-17-18(23)4-3-5-19(17)24/h3-5,14-16H,2,6-13H2,1H3. The molecule has 2 aromatic rings. The maximum atomic E-state index is 6.34. The van der Waals surface area contributed by atoms with E-state index in [2.05, 4.69) is 21.7 Å². The molecule has 1 aromatic heterocycles. The highest BCUT2D eigenvalue weighted by atomic mass is 35.5. The van der Waals surface area contributed by atoms with Gasteiger partial charge < -0.3 is 4.57 Å². The van der Waals surface area contributed by atoms with Crippen LogP contribution in [0.4, 0.5) is 0 Å². The lowest BCUT2D eigenvalue weighted by molar-refractivity contribution is -0.0536. The molecule has 1 aromatic carbocycles. The van der Waals surface area contributed by atoms with Gasteiger partial charge in [-0.3, -0.25) is 0 Å². The van der Waals surface area contributed by atoms with Crippen molar-refractivity contribution in [2.45, 2.75) is 69.3 Å². The van der Waals surface area contributed by atoms with E-state index in [1.165, 1.54) is 44.3 Å². The average Bonchev–Trinajstić information content (AvgIpc) is 3.01. The number of rotatable bonds is 6. The molecular formula is C22H27Cl2N3S. The molecule has 0 unspecified atom stereocenters. The van der Waals surface area contributed by atoms with Gasteiger partial charge in [-0.1, -0.05) is 41.0 Å². The van der Waals surface area contributed by atoms with Crippen LogP contribution in [-0.4, -0.2) is 14.8 Å². The van der Waals surface area contributed by atoms with E-state index in [1.807, 2.05) is 18.2 Å². The van der Waals surface area contributed by atoms with E-state index in [0.717, 1.165) is 51.5 Å². The van der Waals surface area contributed by atoms with Gasteiger partial charge in [-0.2, -0.15) is 0 Å². The van der Waals surface area contributed by atoms with E-state index in [-0.39, 0.29) is 0 Å². The smallest absolute Gasteiger partial charge is 0.191 e. The molecule has 4 saturated carbocycles. The minimum absolute atomic E-state index is 0.489. The summed E-state index contributed by atoms with van der Waals surface area (Å²) >= 11 is 14.4. The number of thioether (sulfide) groups is 1. The van der Waals surface area contributed by atoms with Crippen molar-refractivity contribution in [3.05, 3.63) is 39.6 Å². The van der Waals surface area contributed by atoms with Crippen molar-refractivity contribution in [3.8, 4) is 0 Å². The maximum absolute atomic E-state index is 6.34. The Morgan fingerprint density at radius 1 is 1.04 bits per heavy atom. The van der Waals surface area contributed by atoms with Crippen molar-refractivity contribution in [2.75, 3.05) is 0 Å². The van der Waals surface area contributed by atoms with Crippen molar-refractivity contribution in [1.29, 1.82) is 0 Å². The average molecular weight is 436 g/mol. The number of hydrogen-bond donors (Lipinski definition) is 0. The molecule has 0 amide bonds. The van der Waals surface area contributed by atoms with Crippen molar-refractivity contribution in [3.63, 3.8) is 0 Å². The van der Waals surface area contributed by atoms with Crippen LogP contribution >= 0.6 is 35.0 Å². The quantitative estimate of drug-likeness (QED) is 0.475. The first kappa shape index (κ1) is 19.3. The van der Waals surface area contributed by atoms with Gasteiger partial charge in [0, 0.05) is 28.8 Å². The van der Waals surface area contributed by atoms with E-state index >= 15 is 0 Å². The van der Waals surface area contributed by atoms with Crippen LogP contribution in [0.25, 0.3) is 0 Å². The third-order valence-electron chi connectivity index (χ3n) is 7.22. The first-order valence-corrected chi connectivity index (χ1v) is 12.3. The van der Waals surface area contributed by atoms with Gasteiger partial charge in [0.1, 0.15) is 5.82 Å². The zero-order valence-electron chi connectivity index (χ0n) is 16.3. The van der Waals surface area contributed by atoms with Crippen molar-refractivity contribution in [1.82, 2.24) is 14.8 Å². The number of aromatic nitrogens is 3. The maximum Gasteiger partial charge on any atom is 0.191 e. The normalized spacial score (nSPS) is 30.9. The molecule has 1 heterocycles. The van der Waals surface area contributed by atoms with Crippen LogP contribution in [0, 0.1) is 23.2 Å². The summed E-state index contributed by atoms with van der Waals surface area (Å²) in [6.07, 6.45) is 9.79. The highest BCUT2D eigenvalue weighted by Gasteiger charge is 2.51. The Morgan fingerprint density at radius 3 is 2.21 bits per heavy atom. The third kappa shape index (κ3) is 3.50. The largest absolute Gasteiger partial charge is 0.306 e. The molecule has 4 fully saturated rings. The van der Waals surface area contributed by atoms with Gasteiger partial charge in [0.05, 0.1) is 0 Å². The van der Waals surface area contributed by atoms with E-state index in [9.17, 15) is 0 Å². The molecule has 0 saturated heterocycles. The molecule has 6 heteroatoms. The predicted octanol–water partition coefficient (Wildman–Crippen LogP) is 6.66. The van der Waals surface area contributed by atoms with E-state index in [1.54, 1.807) is 11.8 Å². The minimum atomic E-state index is 0.489. The van der Waals surface area contributed by atoms with E-state index in [4.69, 9.17) is 23.2 Å². The van der Waals surface area contributed by atoms with Crippen LogP contribution in [0.15, 0.2) is 23.4 Å². The third-order valence-corrected chi connectivity index (χ3v) is 8.92. The van der Waals surface area contributed by atoms with Gasteiger partial charge in [-0.25, -0.2) is 0 Å². The Bertz CT molecular complexity index is 823. The number of halogens is 2. The Labute approximate surface area is 181 Å². The van der Waals surface area contributed by atoms with Gasteiger partial charge in [-0.15, -0.1) is 10.2 Å². The predicted molar refractivity (Wildman–Crippen MR) is 116 cm³/mol. The fraction of sp³-hybridized carbons (Fsp3) is 0.636. The molecule has 4 bridgehead atoms. The summed E-state index contributed by atoms with van der Waals surface area (Å²) in [5.41, 5.74) is 1.46. The van der Waals surface area contributed by atoms with Crippen LogP contribution in [0.5, 0.6) is 0 Å². The Morgan fingerprint density at radius 2 is 1.64 bits per heavy atom. The summed E-state index contributed by atoms with van der Waals surface area (Å²) in [4.78, 5) is 0. The molecule has 28 heavy (non-hydrogen) atoms. The van der Waals surface area contributed by atoms with Gasteiger partial charge in [-0.05, 0) is 86.3 Å². The summed E-state index contributed by atoms with van der Waals surface area (Å²) in [7, 11) is 0. The summed E-state index contributed by atoms with van der Waals surface area (Å²) in [5.74, 6) is 4.81. The van der Waals surface area contributed by atoms with Gasteiger partial charge in [0.25, 0.3) is 0 Å². The van der Waals surface area contributed by atoms with Crippen LogP contribution in [0.2, 0.25) is 10.0 Å². The van der Waals surface area contributed by atoms with Crippen LogP contribution < -0.4 is 0 Å². The van der Waals surface area contributed by atoms with Crippen molar-refractivity contribution < 1.29 is 0 Å². The number of hydrogen-bond acceptors (Lipinski definition) is 3. The zero-order valence-corrected chi connectivity index (χ0v) is 18.7. The second-order valence-corrected chi connectivity index (χ2v) is 11.0. The summed E-state index contributed by atoms with van der Waals surface area (Å²) in [6, 6.07) is 5.68. The highest BCUT2D eigenvalue weighted by molar-refractivity contribution is 7.98. The van der Waals surface area contributed by atoms with Crippen LogP contribution in [0.3, 0.4) is 0 Å². The summed E-state index contributed by atoms with van der Waals surface area (Å²) in [5, 5.41) is 11.6. The molecule has 0 aliphatic heterocycles. The Kier molecular flexibility index (Phi) is 5.17. The fourth-order valence-electron chi connectivity index (χ4n) is 6.52. The molecule has 4 aliphatic carbocycles. The Balaban J connectivity index is 1.34.